The van der Waals surface area contributed by atoms with Gasteiger partial charge in [0.1, 0.15) is 17.9 Å². The molecule has 0 radical (unpaired) electrons. The van der Waals surface area contributed by atoms with E-state index in [0.29, 0.717) is 12.1 Å². The molecule has 3 amide bonds. The zero-order valence-electron chi connectivity index (χ0n) is 14.9. The highest BCUT2D eigenvalue weighted by Gasteiger charge is 2.38. The molecule has 0 bridgehead atoms. The lowest BCUT2D eigenvalue weighted by Gasteiger charge is -2.20. The number of ether oxygens (including phenoxy) is 2. The molecular formula is C18H13F3N4O4. The Labute approximate surface area is 162 Å². The summed E-state index contributed by atoms with van der Waals surface area (Å²) in [6.45, 7) is 1.76. The van der Waals surface area contributed by atoms with Gasteiger partial charge in [0.2, 0.25) is 5.88 Å². The molecule has 1 aliphatic rings. The number of alkyl halides is 3. The summed E-state index contributed by atoms with van der Waals surface area (Å²) in [4.78, 5) is 29.0. The van der Waals surface area contributed by atoms with Crippen LogP contribution in [0, 0.1) is 11.3 Å². The molecule has 1 aromatic heterocycles. The molecule has 0 spiro atoms. The first-order chi connectivity index (χ1) is 13.7. The number of halogens is 3. The topological polar surface area (TPSA) is 105 Å². The van der Waals surface area contributed by atoms with E-state index in [0.717, 1.165) is 12.1 Å². The average molecular weight is 406 g/mol. The normalized spacial score (nSPS) is 16.4. The molecule has 150 valence electrons. The first kappa shape index (κ1) is 19.9. The van der Waals surface area contributed by atoms with Crippen molar-refractivity contribution in [3.8, 4) is 23.4 Å². The number of hydrogen-bond donors (Lipinski definition) is 1. The van der Waals surface area contributed by atoms with E-state index in [2.05, 4.69) is 15.0 Å². The molecule has 0 saturated carbocycles. The third-order valence-electron chi connectivity index (χ3n) is 3.97. The van der Waals surface area contributed by atoms with Crippen LogP contribution in [0.5, 0.6) is 17.4 Å². The fourth-order valence-corrected chi connectivity index (χ4v) is 2.74. The van der Waals surface area contributed by atoms with Crippen molar-refractivity contribution in [1.29, 1.82) is 5.26 Å². The number of rotatable bonds is 5. The van der Waals surface area contributed by atoms with Gasteiger partial charge in [-0.1, -0.05) is 6.92 Å². The van der Waals surface area contributed by atoms with Gasteiger partial charge < -0.3 is 9.47 Å². The zero-order valence-corrected chi connectivity index (χ0v) is 14.9. The summed E-state index contributed by atoms with van der Waals surface area (Å²) in [5, 5.41) is 11.1. The first-order valence-electron chi connectivity index (χ1n) is 8.29. The van der Waals surface area contributed by atoms with Crippen LogP contribution in [0.4, 0.5) is 23.7 Å². The van der Waals surface area contributed by atoms with Gasteiger partial charge >= 0.3 is 12.4 Å². The average Bonchev–Trinajstić information content (AvgIpc) is 2.94. The Morgan fingerprint density at radius 1 is 1.28 bits per heavy atom. The summed E-state index contributed by atoms with van der Waals surface area (Å²) in [6.07, 6.45) is -3.26. The number of nitriles is 1. The molecular weight excluding hydrogens is 393 g/mol. The summed E-state index contributed by atoms with van der Waals surface area (Å²) in [7, 11) is 0. The highest BCUT2D eigenvalue weighted by atomic mass is 19.4. The minimum absolute atomic E-state index is 0.0235. The van der Waals surface area contributed by atoms with E-state index in [-0.39, 0.29) is 17.2 Å². The summed E-state index contributed by atoms with van der Waals surface area (Å²) >= 11 is 0. The number of nitrogens with one attached hydrogen (secondary N) is 1. The number of nitrogens with zero attached hydrogens (tertiary/aromatic N) is 3. The van der Waals surface area contributed by atoms with Crippen molar-refractivity contribution in [3.63, 3.8) is 0 Å². The summed E-state index contributed by atoms with van der Waals surface area (Å²) in [6, 6.07) is 6.58. The van der Waals surface area contributed by atoms with Crippen LogP contribution in [-0.2, 0) is 4.79 Å². The summed E-state index contributed by atoms with van der Waals surface area (Å²) in [5.41, 5.74) is 0.0433. The van der Waals surface area contributed by atoms with Gasteiger partial charge in [0.05, 0.1) is 17.4 Å². The van der Waals surface area contributed by atoms with Crippen molar-refractivity contribution in [2.75, 3.05) is 4.90 Å². The van der Waals surface area contributed by atoms with Gasteiger partial charge in [-0.25, -0.2) is 9.78 Å². The van der Waals surface area contributed by atoms with Crippen molar-refractivity contribution in [1.82, 2.24) is 10.3 Å². The van der Waals surface area contributed by atoms with E-state index >= 15 is 0 Å². The van der Waals surface area contributed by atoms with E-state index in [4.69, 9.17) is 10.00 Å². The highest BCUT2D eigenvalue weighted by molar-refractivity contribution is 6.14. The minimum Gasteiger partial charge on any atom is -0.439 e. The molecule has 0 aliphatic carbocycles. The molecule has 11 heteroatoms. The Hall–Kier alpha value is -3.81. The second-order valence-electron chi connectivity index (χ2n) is 5.86. The Morgan fingerprint density at radius 3 is 2.62 bits per heavy atom. The lowest BCUT2D eigenvalue weighted by Crippen LogP contribution is -2.34. The molecule has 3 rings (SSSR count). The molecule has 8 nitrogen and oxygen atoms in total. The van der Waals surface area contributed by atoms with Gasteiger partial charge in [-0.05, 0) is 24.6 Å². The number of anilines is 1. The predicted molar refractivity (Wildman–Crippen MR) is 92.2 cm³/mol. The molecule has 1 saturated heterocycles. The monoisotopic (exact) mass is 406 g/mol. The number of hydrogen-bond acceptors (Lipinski definition) is 6. The SMILES string of the molecule is CC[C@@H]1C(=O)NC(=O)N1c1ccc(Oc2ccc(C#N)c(OC(F)(F)F)c2)nc1. The van der Waals surface area contributed by atoms with Crippen LogP contribution in [0.2, 0.25) is 0 Å². The van der Waals surface area contributed by atoms with Crippen LogP contribution in [0.15, 0.2) is 36.5 Å². The third-order valence-corrected chi connectivity index (χ3v) is 3.97. The number of aromatic nitrogens is 1. The number of urea groups is 1. The first-order valence-corrected chi connectivity index (χ1v) is 8.29. The minimum atomic E-state index is -4.96. The lowest BCUT2D eigenvalue weighted by molar-refractivity contribution is -0.274. The van der Waals surface area contributed by atoms with Gasteiger partial charge in [0.15, 0.2) is 5.75 Å². The Balaban J connectivity index is 1.80. The standard InChI is InChI=1S/C18H13F3N4O4/c1-2-13-16(26)24-17(27)25(13)11-4-6-15(23-9-11)28-12-5-3-10(8-22)14(7-12)29-18(19,20)21/h3-7,9,13H,2H2,1H3,(H,24,26,27)/t13-/m1/s1. The quantitative estimate of drug-likeness (QED) is 0.763. The van der Waals surface area contributed by atoms with Crippen LogP contribution in [0.3, 0.4) is 0 Å². The molecule has 1 N–H and O–H groups in total. The highest BCUT2D eigenvalue weighted by Crippen LogP contribution is 2.32. The molecule has 2 heterocycles. The van der Waals surface area contributed by atoms with Crippen LogP contribution in [0.25, 0.3) is 0 Å². The van der Waals surface area contributed by atoms with E-state index in [9.17, 15) is 22.8 Å². The molecule has 1 aromatic carbocycles. The Bertz CT molecular complexity index is 986. The van der Waals surface area contributed by atoms with Gasteiger partial charge in [-0.2, -0.15) is 5.26 Å². The maximum atomic E-state index is 12.5. The number of amides is 3. The van der Waals surface area contributed by atoms with E-state index in [1.165, 1.54) is 29.3 Å². The molecule has 1 fully saturated rings. The molecule has 1 atom stereocenters. The van der Waals surface area contributed by atoms with Crippen LogP contribution >= 0.6 is 0 Å². The summed E-state index contributed by atoms with van der Waals surface area (Å²) in [5.74, 6) is -1.13. The van der Waals surface area contributed by atoms with Crippen molar-refractivity contribution in [2.45, 2.75) is 25.7 Å². The Kier molecular flexibility index (Phi) is 5.27. The van der Waals surface area contributed by atoms with Gasteiger partial charge in [-0.3, -0.25) is 15.0 Å². The lowest BCUT2D eigenvalue weighted by atomic mass is 10.2. The molecule has 1 aliphatic heterocycles. The van der Waals surface area contributed by atoms with Gasteiger partial charge in [0, 0.05) is 12.1 Å². The van der Waals surface area contributed by atoms with Crippen molar-refractivity contribution < 1.29 is 32.2 Å². The van der Waals surface area contributed by atoms with Crippen LogP contribution < -0.4 is 19.7 Å². The second-order valence-corrected chi connectivity index (χ2v) is 5.86. The third kappa shape index (κ3) is 4.37. The fraction of sp³-hybridized carbons (Fsp3) is 0.222. The number of carbonyl (C=O) groups excluding carboxylic acids is 2. The van der Waals surface area contributed by atoms with Crippen LogP contribution in [0.1, 0.15) is 18.9 Å². The van der Waals surface area contributed by atoms with Crippen molar-refractivity contribution >= 4 is 17.6 Å². The number of carbonyl (C=O) groups is 2. The van der Waals surface area contributed by atoms with E-state index < -0.39 is 30.1 Å². The molecule has 2 aromatic rings. The summed E-state index contributed by atoms with van der Waals surface area (Å²) < 4.78 is 46.7. The number of imide groups is 1. The van der Waals surface area contributed by atoms with Gasteiger partial charge in [0.25, 0.3) is 5.91 Å². The van der Waals surface area contributed by atoms with Crippen molar-refractivity contribution in [2.24, 2.45) is 0 Å². The molecule has 29 heavy (non-hydrogen) atoms. The zero-order chi connectivity index (χ0) is 21.2. The van der Waals surface area contributed by atoms with E-state index in [1.807, 2.05) is 0 Å². The number of benzene rings is 1. The van der Waals surface area contributed by atoms with Crippen LogP contribution in [-0.4, -0.2) is 29.3 Å². The van der Waals surface area contributed by atoms with E-state index in [1.54, 1.807) is 13.0 Å². The molecule has 0 unspecified atom stereocenters. The number of pyridine rings is 1. The smallest absolute Gasteiger partial charge is 0.439 e. The maximum Gasteiger partial charge on any atom is 0.573 e. The second kappa shape index (κ2) is 7.67. The predicted octanol–water partition coefficient (Wildman–Crippen LogP) is 3.48. The van der Waals surface area contributed by atoms with Crippen molar-refractivity contribution in [3.05, 3.63) is 42.1 Å². The maximum absolute atomic E-state index is 12.5. The van der Waals surface area contributed by atoms with Gasteiger partial charge in [-0.15, -0.1) is 13.2 Å². The fourth-order valence-electron chi connectivity index (χ4n) is 2.74. The Morgan fingerprint density at radius 2 is 2.03 bits per heavy atom. The largest absolute Gasteiger partial charge is 0.573 e.